The lowest BCUT2D eigenvalue weighted by Gasteiger charge is -2.03. The second kappa shape index (κ2) is 6.60. The summed E-state index contributed by atoms with van der Waals surface area (Å²) in [6.07, 6.45) is 0. The zero-order valence-electron chi connectivity index (χ0n) is 12.9. The molecule has 0 unspecified atom stereocenters. The van der Waals surface area contributed by atoms with Crippen LogP contribution < -0.4 is 0 Å². The Balaban J connectivity index is 1.63. The van der Waals surface area contributed by atoms with Crippen LogP contribution in [-0.4, -0.2) is 19.8 Å². The summed E-state index contributed by atoms with van der Waals surface area (Å²) in [6.45, 7) is 0. The molecule has 0 spiro atoms. The quantitative estimate of drug-likeness (QED) is 0.511. The molecular weight excluding hydrogens is 342 g/mol. The van der Waals surface area contributed by atoms with Crippen LogP contribution in [0.1, 0.15) is 5.56 Å². The molecule has 0 saturated carbocycles. The van der Waals surface area contributed by atoms with Gasteiger partial charge in [0.05, 0.1) is 5.69 Å². The fourth-order valence-corrected chi connectivity index (χ4v) is 3.24. The summed E-state index contributed by atoms with van der Waals surface area (Å²) < 4.78 is 28.0. The minimum atomic E-state index is -0.291. The lowest BCUT2D eigenvalue weighted by atomic mass is 10.1. The zero-order chi connectivity index (χ0) is 17.2. The summed E-state index contributed by atoms with van der Waals surface area (Å²) in [6, 6.07) is 16.2. The number of aromatic nitrogens is 4. The van der Waals surface area contributed by atoms with Gasteiger partial charge in [0.15, 0.2) is 5.65 Å². The highest BCUT2D eigenvalue weighted by atomic mass is 32.2. The predicted molar refractivity (Wildman–Crippen MR) is 92.1 cm³/mol. The van der Waals surface area contributed by atoms with E-state index < -0.39 is 0 Å². The van der Waals surface area contributed by atoms with Crippen LogP contribution in [0.3, 0.4) is 0 Å². The number of hydrogen-bond acceptors (Lipinski definition) is 4. The molecule has 2 aromatic carbocycles. The normalized spacial score (nSPS) is 11.1. The van der Waals surface area contributed by atoms with E-state index in [1.807, 2.05) is 18.2 Å². The summed E-state index contributed by atoms with van der Waals surface area (Å²) in [5.41, 5.74) is 2.97. The van der Waals surface area contributed by atoms with Gasteiger partial charge >= 0.3 is 0 Å². The highest BCUT2D eigenvalue weighted by Crippen LogP contribution is 2.23. The Bertz CT molecular complexity index is 1030. The van der Waals surface area contributed by atoms with Crippen molar-refractivity contribution in [3.05, 3.63) is 77.9 Å². The fraction of sp³-hybridized carbons (Fsp3) is 0.0556. The van der Waals surface area contributed by atoms with Crippen molar-refractivity contribution in [1.82, 2.24) is 19.8 Å². The molecule has 0 aliphatic heterocycles. The van der Waals surface area contributed by atoms with E-state index in [4.69, 9.17) is 0 Å². The Hall–Kier alpha value is -2.80. The summed E-state index contributed by atoms with van der Waals surface area (Å²) >= 11 is 1.42. The fourth-order valence-electron chi connectivity index (χ4n) is 2.41. The van der Waals surface area contributed by atoms with Gasteiger partial charge < -0.3 is 0 Å². The van der Waals surface area contributed by atoms with E-state index in [1.54, 1.807) is 22.7 Å². The molecule has 0 aliphatic carbocycles. The third-order valence-electron chi connectivity index (χ3n) is 3.63. The first kappa shape index (κ1) is 15.7. The first-order valence-corrected chi connectivity index (χ1v) is 8.53. The molecule has 4 aromatic rings. The van der Waals surface area contributed by atoms with Gasteiger partial charge in [-0.15, -0.1) is 10.2 Å². The van der Waals surface area contributed by atoms with E-state index >= 15 is 0 Å². The Labute approximate surface area is 146 Å². The minimum absolute atomic E-state index is 0.263. The molecule has 2 heterocycles. The van der Waals surface area contributed by atoms with E-state index in [1.165, 1.54) is 36.0 Å². The smallest absolute Gasteiger partial charge is 0.207 e. The summed E-state index contributed by atoms with van der Waals surface area (Å²) in [5.74, 6) is 0.00228. The Morgan fingerprint density at radius 1 is 0.880 bits per heavy atom. The van der Waals surface area contributed by atoms with Crippen LogP contribution in [0.25, 0.3) is 16.9 Å². The standard InChI is InChI=1S/C18H12F2N4S/c19-14-6-4-13(5-7-14)16-8-9-17-21-22-18(24(17)23-16)25-11-12-2-1-3-15(20)10-12/h1-10H,11H2. The van der Waals surface area contributed by atoms with Gasteiger partial charge in [-0.2, -0.15) is 9.61 Å². The second-order valence-electron chi connectivity index (χ2n) is 5.40. The average molecular weight is 354 g/mol. The van der Waals surface area contributed by atoms with Crippen LogP contribution in [0.4, 0.5) is 8.78 Å². The summed E-state index contributed by atoms with van der Waals surface area (Å²) in [7, 11) is 0. The first-order valence-electron chi connectivity index (χ1n) is 7.55. The number of thioether (sulfide) groups is 1. The number of halogens is 2. The van der Waals surface area contributed by atoms with E-state index in [9.17, 15) is 8.78 Å². The molecular formula is C18H12F2N4S. The van der Waals surface area contributed by atoms with Crippen molar-refractivity contribution in [2.24, 2.45) is 0 Å². The molecule has 4 rings (SSSR count). The molecule has 0 bridgehead atoms. The van der Waals surface area contributed by atoms with Crippen molar-refractivity contribution >= 4 is 17.4 Å². The molecule has 0 N–H and O–H groups in total. The molecule has 0 saturated heterocycles. The number of nitrogens with zero attached hydrogens (tertiary/aromatic N) is 4. The predicted octanol–water partition coefficient (Wildman–Crippen LogP) is 4.36. The van der Waals surface area contributed by atoms with Gasteiger partial charge in [0, 0.05) is 11.3 Å². The molecule has 0 fully saturated rings. The highest BCUT2D eigenvalue weighted by molar-refractivity contribution is 7.98. The van der Waals surface area contributed by atoms with E-state index in [2.05, 4.69) is 15.3 Å². The van der Waals surface area contributed by atoms with Crippen molar-refractivity contribution in [3.8, 4) is 11.3 Å². The topological polar surface area (TPSA) is 43.1 Å². The molecule has 2 aromatic heterocycles. The van der Waals surface area contributed by atoms with Crippen molar-refractivity contribution < 1.29 is 8.78 Å². The highest BCUT2D eigenvalue weighted by Gasteiger charge is 2.10. The first-order chi connectivity index (χ1) is 12.2. The average Bonchev–Trinajstić information content (AvgIpc) is 3.03. The van der Waals surface area contributed by atoms with Crippen LogP contribution in [0, 0.1) is 11.6 Å². The number of fused-ring (bicyclic) bond motifs is 1. The molecule has 0 aliphatic rings. The summed E-state index contributed by atoms with van der Waals surface area (Å²) in [5, 5.41) is 13.4. The monoisotopic (exact) mass is 354 g/mol. The largest absolute Gasteiger partial charge is 0.212 e. The van der Waals surface area contributed by atoms with Gasteiger partial charge in [-0.3, -0.25) is 0 Å². The lowest BCUT2D eigenvalue weighted by Crippen LogP contribution is -1.96. The molecule has 0 radical (unpaired) electrons. The third-order valence-corrected chi connectivity index (χ3v) is 4.62. The molecule has 4 nitrogen and oxygen atoms in total. The number of rotatable bonds is 4. The molecule has 25 heavy (non-hydrogen) atoms. The van der Waals surface area contributed by atoms with Gasteiger partial charge in [-0.05, 0) is 54.1 Å². The van der Waals surface area contributed by atoms with Crippen LogP contribution in [0.15, 0.2) is 65.8 Å². The van der Waals surface area contributed by atoms with Crippen LogP contribution in [-0.2, 0) is 5.75 Å². The van der Waals surface area contributed by atoms with Gasteiger partial charge in [0.1, 0.15) is 11.6 Å². The van der Waals surface area contributed by atoms with E-state index in [-0.39, 0.29) is 11.6 Å². The van der Waals surface area contributed by atoms with Crippen molar-refractivity contribution in [3.63, 3.8) is 0 Å². The van der Waals surface area contributed by atoms with E-state index in [0.717, 1.165) is 11.1 Å². The van der Waals surface area contributed by atoms with Crippen LogP contribution >= 0.6 is 11.8 Å². The van der Waals surface area contributed by atoms with Crippen molar-refractivity contribution in [2.45, 2.75) is 10.9 Å². The number of benzene rings is 2. The molecule has 0 amide bonds. The number of hydrogen-bond donors (Lipinski definition) is 0. The van der Waals surface area contributed by atoms with Crippen molar-refractivity contribution in [1.29, 1.82) is 0 Å². The molecule has 0 atom stereocenters. The Morgan fingerprint density at radius 2 is 1.72 bits per heavy atom. The van der Waals surface area contributed by atoms with Crippen LogP contribution in [0.2, 0.25) is 0 Å². The SMILES string of the molecule is Fc1ccc(-c2ccc3nnc(SCc4cccc(F)c4)n3n2)cc1. The maximum Gasteiger partial charge on any atom is 0.212 e. The maximum atomic E-state index is 13.3. The third kappa shape index (κ3) is 3.36. The van der Waals surface area contributed by atoms with Gasteiger partial charge in [0.2, 0.25) is 5.16 Å². The summed E-state index contributed by atoms with van der Waals surface area (Å²) in [4.78, 5) is 0. The molecule has 124 valence electrons. The van der Waals surface area contributed by atoms with Gasteiger partial charge in [0.25, 0.3) is 0 Å². The van der Waals surface area contributed by atoms with Gasteiger partial charge in [-0.25, -0.2) is 8.78 Å². The molecule has 7 heteroatoms. The Kier molecular flexibility index (Phi) is 4.15. The Morgan fingerprint density at radius 3 is 2.52 bits per heavy atom. The minimum Gasteiger partial charge on any atom is -0.207 e. The second-order valence-corrected chi connectivity index (χ2v) is 6.34. The maximum absolute atomic E-state index is 13.3. The van der Waals surface area contributed by atoms with Gasteiger partial charge in [-0.1, -0.05) is 23.9 Å². The van der Waals surface area contributed by atoms with E-state index in [0.29, 0.717) is 22.3 Å². The zero-order valence-corrected chi connectivity index (χ0v) is 13.8. The van der Waals surface area contributed by atoms with Crippen LogP contribution in [0.5, 0.6) is 0 Å². The lowest BCUT2D eigenvalue weighted by molar-refractivity contribution is 0.626. The van der Waals surface area contributed by atoms with Crippen molar-refractivity contribution in [2.75, 3.05) is 0 Å².